The Morgan fingerprint density at radius 3 is 2.76 bits per heavy atom. The fourth-order valence-electron chi connectivity index (χ4n) is 3.87. The maximum absolute atomic E-state index is 9.74. The van der Waals surface area contributed by atoms with E-state index in [2.05, 4.69) is 69.0 Å². The van der Waals surface area contributed by atoms with E-state index in [1.807, 2.05) is 61.5 Å². The summed E-state index contributed by atoms with van der Waals surface area (Å²) in [6.45, 7) is 2.53. The average molecular weight is 541 g/mol. The van der Waals surface area contributed by atoms with Gasteiger partial charge in [-0.05, 0) is 87.3 Å². The molecule has 0 aliphatic carbocycles. The van der Waals surface area contributed by atoms with Crippen LogP contribution in [0.15, 0.2) is 78.9 Å². The van der Waals surface area contributed by atoms with Crippen LogP contribution in [0.2, 0.25) is 0 Å². The molecule has 0 amide bonds. The zero-order chi connectivity index (χ0) is 22.8. The smallest absolute Gasteiger partial charge is 0.149 e. The SMILES string of the molecule is Cc1ccc2nc(/C(C#N)=C\c3ccc(OCc4cccc5ccccc45)c(I)c3)[nH]c2c1. The van der Waals surface area contributed by atoms with Gasteiger partial charge in [0.1, 0.15) is 24.3 Å². The number of aromatic nitrogens is 2. The van der Waals surface area contributed by atoms with Crippen LogP contribution in [-0.2, 0) is 6.61 Å². The molecule has 4 nitrogen and oxygen atoms in total. The van der Waals surface area contributed by atoms with E-state index in [1.165, 1.54) is 10.8 Å². The fourth-order valence-corrected chi connectivity index (χ4v) is 4.56. The second-order valence-corrected chi connectivity index (χ2v) is 9.05. The minimum Gasteiger partial charge on any atom is -0.488 e. The van der Waals surface area contributed by atoms with Gasteiger partial charge in [0.25, 0.3) is 0 Å². The Bertz CT molecular complexity index is 1550. The third-order valence-electron chi connectivity index (χ3n) is 5.54. The van der Waals surface area contributed by atoms with Gasteiger partial charge in [-0.25, -0.2) is 4.98 Å². The predicted octanol–water partition coefficient (Wildman–Crippen LogP) is 7.27. The van der Waals surface area contributed by atoms with Gasteiger partial charge in [0.2, 0.25) is 0 Å². The third-order valence-corrected chi connectivity index (χ3v) is 6.39. The van der Waals surface area contributed by atoms with Crippen molar-refractivity contribution in [3.05, 3.63) is 105 Å². The average Bonchev–Trinajstić information content (AvgIpc) is 3.25. The van der Waals surface area contributed by atoms with E-state index in [4.69, 9.17) is 4.74 Å². The molecule has 1 aromatic heterocycles. The van der Waals surface area contributed by atoms with Crippen LogP contribution in [0.1, 0.15) is 22.5 Å². The number of nitrogens with one attached hydrogen (secondary N) is 1. The Morgan fingerprint density at radius 2 is 1.91 bits per heavy atom. The lowest BCUT2D eigenvalue weighted by atomic mass is 10.1. The molecule has 0 saturated carbocycles. The molecule has 0 unspecified atom stereocenters. The molecule has 0 spiro atoms. The van der Waals surface area contributed by atoms with E-state index < -0.39 is 0 Å². The van der Waals surface area contributed by atoms with Crippen LogP contribution in [0.4, 0.5) is 0 Å². The summed E-state index contributed by atoms with van der Waals surface area (Å²) in [6.07, 6.45) is 1.85. The lowest BCUT2D eigenvalue weighted by molar-refractivity contribution is 0.305. The van der Waals surface area contributed by atoms with E-state index in [9.17, 15) is 5.26 Å². The number of aryl methyl sites for hydroxylation is 1. The molecule has 0 aliphatic heterocycles. The van der Waals surface area contributed by atoms with Gasteiger partial charge in [-0.1, -0.05) is 54.6 Å². The Kier molecular flexibility index (Phi) is 5.84. The first-order valence-electron chi connectivity index (χ1n) is 10.6. The number of H-pyrrole nitrogens is 1. The van der Waals surface area contributed by atoms with Crippen molar-refractivity contribution in [3.8, 4) is 11.8 Å². The molecule has 160 valence electrons. The lowest BCUT2D eigenvalue weighted by Crippen LogP contribution is -1.98. The molecule has 1 heterocycles. The molecule has 0 saturated heterocycles. The van der Waals surface area contributed by atoms with E-state index in [-0.39, 0.29) is 0 Å². The van der Waals surface area contributed by atoms with Crippen molar-refractivity contribution in [2.75, 3.05) is 0 Å². The number of nitrogens with zero attached hydrogens (tertiary/aromatic N) is 2. The highest BCUT2D eigenvalue weighted by Crippen LogP contribution is 2.27. The summed E-state index contributed by atoms with van der Waals surface area (Å²) in [6, 6.07) is 28.8. The number of hydrogen-bond acceptors (Lipinski definition) is 3. The number of fused-ring (bicyclic) bond motifs is 2. The number of aromatic amines is 1. The van der Waals surface area contributed by atoms with Gasteiger partial charge in [-0.3, -0.25) is 0 Å². The molecule has 0 bridgehead atoms. The summed E-state index contributed by atoms with van der Waals surface area (Å²) >= 11 is 2.27. The van der Waals surface area contributed by atoms with Crippen molar-refractivity contribution in [2.24, 2.45) is 0 Å². The number of rotatable bonds is 5. The summed E-state index contributed by atoms with van der Waals surface area (Å²) in [5, 5.41) is 12.1. The summed E-state index contributed by atoms with van der Waals surface area (Å²) in [4.78, 5) is 7.83. The Morgan fingerprint density at radius 1 is 1.06 bits per heavy atom. The second-order valence-electron chi connectivity index (χ2n) is 7.89. The molecule has 0 fully saturated rings. The van der Waals surface area contributed by atoms with Crippen LogP contribution in [0.25, 0.3) is 33.5 Å². The van der Waals surface area contributed by atoms with Crippen molar-refractivity contribution >= 4 is 56.0 Å². The van der Waals surface area contributed by atoms with Gasteiger partial charge in [0.15, 0.2) is 0 Å². The molecule has 33 heavy (non-hydrogen) atoms. The molecule has 1 N–H and O–H groups in total. The van der Waals surface area contributed by atoms with Crippen molar-refractivity contribution in [3.63, 3.8) is 0 Å². The normalized spacial score (nSPS) is 11.6. The summed E-state index contributed by atoms with van der Waals surface area (Å²) in [5.41, 5.74) is 5.49. The maximum atomic E-state index is 9.74. The number of ether oxygens (including phenoxy) is 1. The van der Waals surface area contributed by atoms with E-state index in [1.54, 1.807) is 0 Å². The summed E-state index contributed by atoms with van der Waals surface area (Å²) in [7, 11) is 0. The minimum absolute atomic E-state index is 0.490. The van der Waals surface area contributed by atoms with Crippen LogP contribution < -0.4 is 4.74 Å². The zero-order valence-corrected chi connectivity index (χ0v) is 20.1. The van der Waals surface area contributed by atoms with E-state index in [0.29, 0.717) is 18.0 Å². The molecule has 4 aromatic carbocycles. The quantitative estimate of drug-likeness (QED) is 0.188. The Hall–Kier alpha value is -3.63. The number of hydrogen-bond donors (Lipinski definition) is 1. The number of halogens is 1. The van der Waals surface area contributed by atoms with Crippen molar-refractivity contribution in [1.82, 2.24) is 9.97 Å². The minimum atomic E-state index is 0.490. The molecule has 5 aromatic rings. The van der Waals surface area contributed by atoms with E-state index in [0.717, 1.165) is 37.0 Å². The lowest BCUT2D eigenvalue weighted by Gasteiger charge is -2.11. The number of allylic oxidation sites excluding steroid dienone is 1. The van der Waals surface area contributed by atoms with E-state index >= 15 is 0 Å². The van der Waals surface area contributed by atoms with Gasteiger partial charge in [0.05, 0.1) is 20.2 Å². The zero-order valence-electron chi connectivity index (χ0n) is 18.0. The number of imidazole rings is 1. The highest BCUT2D eigenvalue weighted by atomic mass is 127. The Labute approximate surface area is 205 Å². The Balaban J connectivity index is 1.38. The highest BCUT2D eigenvalue weighted by Gasteiger charge is 2.10. The van der Waals surface area contributed by atoms with Gasteiger partial charge in [-0.2, -0.15) is 5.26 Å². The second kappa shape index (κ2) is 9.08. The first kappa shape index (κ1) is 21.2. The fraction of sp³-hybridized carbons (Fsp3) is 0.0714. The van der Waals surface area contributed by atoms with Crippen LogP contribution in [-0.4, -0.2) is 9.97 Å². The largest absolute Gasteiger partial charge is 0.488 e. The first-order valence-corrected chi connectivity index (χ1v) is 11.7. The number of benzene rings is 4. The van der Waals surface area contributed by atoms with Crippen molar-refractivity contribution in [1.29, 1.82) is 5.26 Å². The molecule has 5 rings (SSSR count). The third kappa shape index (κ3) is 4.48. The van der Waals surface area contributed by atoms with Crippen LogP contribution in [0.5, 0.6) is 5.75 Å². The molecule has 0 radical (unpaired) electrons. The van der Waals surface area contributed by atoms with Crippen LogP contribution in [0.3, 0.4) is 0 Å². The van der Waals surface area contributed by atoms with Gasteiger partial charge >= 0.3 is 0 Å². The number of nitriles is 1. The molecular weight excluding hydrogens is 521 g/mol. The predicted molar refractivity (Wildman–Crippen MR) is 142 cm³/mol. The van der Waals surface area contributed by atoms with Crippen molar-refractivity contribution < 1.29 is 4.74 Å². The maximum Gasteiger partial charge on any atom is 0.149 e. The topological polar surface area (TPSA) is 61.7 Å². The monoisotopic (exact) mass is 541 g/mol. The van der Waals surface area contributed by atoms with Crippen LogP contribution >= 0.6 is 22.6 Å². The molecule has 5 heteroatoms. The highest BCUT2D eigenvalue weighted by molar-refractivity contribution is 14.1. The summed E-state index contributed by atoms with van der Waals surface area (Å²) in [5.74, 6) is 1.39. The van der Waals surface area contributed by atoms with Gasteiger partial charge in [0, 0.05) is 0 Å². The molecule has 0 atom stereocenters. The van der Waals surface area contributed by atoms with Crippen LogP contribution in [0, 0.1) is 21.8 Å². The molecule has 0 aliphatic rings. The van der Waals surface area contributed by atoms with Gasteiger partial charge < -0.3 is 9.72 Å². The molecular formula is C28H20IN3O. The summed E-state index contributed by atoms with van der Waals surface area (Å²) < 4.78 is 7.13. The van der Waals surface area contributed by atoms with Gasteiger partial charge in [-0.15, -0.1) is 0 Å². The standard InChI is InChI=1S/C28H20IN3O/c1-18-9-11-25-26(13-18)32-28(31-25)22(16-30)14-19-10-12-27(24(29)15-19)33-17-21-7-4-6-20-5-2-3-8-23(20)21/h2-15H,17H2,1H3,(H,31,32)/b22-14-. The first-order chi connectivity index (χ1) is 16.1. The van der Waals surface area contributed by atoms with Crippen molar-refractivity contribution in [2.45, 2.75) is 13.5 Å².